The van der Waals surface area contributed by atoms with Crippen LogP contribution in [0, 0.1) is 0 Å². The maximum Gasteiger partial charge on any atom is 0.250 e. The zero-order chi connectivity index (χ0) is 11.1. The molecule has 5 nitrogen and oxygen atoms in total. The van der Waals surface area contributed by atoms with Crippen molar-refractivity contribution < 1.29 is 14.6 Å². The van der Waals surface area contributed by atoms with Crippen LogP contribution in [-0.4, -0.2) is 42.9 Å². The lowest BCUT2D eigenvalue weighted by Crippen LogP contribution is -2.45. The number of aliphatic hydroxyl groups excluding tert-OH is 1. The van der Waals surface area contributed by atoms with Crippen LogP contribution >= 0.6 is 0 Å². The molecule has 3 unspecified atom stereocenters. The Morgan fingerprint density at radius 3 is 2.50 bits per heavy atom. The van der Waals surface area contributed by atoms with Gasteiger partial charge in [-0.1, -0.05) is 0 Å². The molecule has 0 bridgehead atoms. The van der Waals surface area contributed by atoms with E-state index in [1.807, 2.05) is 6.92 Å². The maximum absolute atomic E-state index is 11.4. The van der Waals surface area contributed by atoms with Crippen molar-refractivity contribution in [1.82, 2.24) is 5.32 Å². The summed E-state index contributed by atoms with van der Waals surface area (Å²) in [7, 11) is 1.44. The molecule has 14 heavy (non-hydrogen) atoms. The van der Waals surface area contributed by atoms with Crippen molar-refractivity contribution in [3.63, 3.8) is 0 Å². The Labute approximate surface area is 84.6 Å². The SMILES string of the molecule is COC(CN)C(=O)NC(C)CC(C)O. The Balaban J connectivity index is 3.91. The molecule has 0 aromatic carbocycles. The van der Waals surface area contributed by atoms with Gasteiger partial charge in [-0.25, -0.2) is 0 Å². The molecule has 0 aromatic heterocycles. The predicted octanol–water partition coefficient (Wildman–Crippen LogP) is -0.764. The number of methoxy groups -OCH3 is 1. The van der Waals surface area contributed by atoms with Crippen molar-refractivity contribution in [3.05, 3.63) is 0 Å². The van der Waals surface area contributed by atoms with Crippen molar-refractivity contribution in [2.24, 2.45) is 5.73 Å². The molecule has 0 fully saturated rings. The third kappa shape index (κ3) is 5.16. The summed E-state index contributed by atoms with van der Waals surface area (Å²) in [5.41, 5.74) is 5.33. The van der Waals surface area contributed by atoms with E-state index in [0.29, 0.717) is 6.42 Å². The second-order valence-electron chi connectivity index (χ2n) is 3.45. The molecule has 0 aliphatic carbocycles. The van der Waals surface area contributed by atoms with Gasteiger partial charge in [0.1, 0.15) is 6.10 Å². The highest BCUT2D eigenvalue weighted by atomic mass is 16.5. The van der Waals surface area contributed by atoms with Gasteiger partial charge in [0.15, 0.2) is 0 Å². The van der Waals surface area contributed by atoms with Gasteiger partial charge in [-0.05, 0) is 20.3 Å². The van der Waals surface area contributed by atoms with E-state index in [-0.39, 0.29) is 18.5 Å². The first kappa shape index (κ1) is 13.4. The third-order valence-electron chi connectivity index (χ3n) is 1.87. The van der Waals surface area contributed by atoms with Crippen molar-refractivity contribution >= 4 is 5.91 Å². The van der Waals surface area contributed by atoms with Crippen LogP contribution in [0.25, 0.3) is 0 Å². The Morgan fingerprint density at radius 1 is 1.57 bits per heavy atom. The van der Waals surface area contributed by atoms with Gasteiger partial charge in [0.2, 0.25) is 0 Å². The summed E-state index contributed by atoms with van der Waals surface area (Å²) < 4.78 is 4.87. The number of amides is 1. The molecule has 0 saturated heterocycles. The van der Waals surface area contributed by atoms with E-state index >= 15 is 0 Å². The number of hydrogen-bond donors (Lipinski definition) is 3. The zero-order valence-electron chi connectivity index (χ0n) is 8.99. The molecule has 0 aliphatic heterocycles. The van der Waals surface area contributed by atoms with Crippen LogP contribution in [-0.2, 0) is 9.53 Å². The van der Waals surface area contributed by atoms with Crippen LogP contribution in [0.3, 0.4) is 0 Å². The average Bonchev–Trinajstić information content (AvgIpc) is 2.04. The predicted molar refractivity (Wildman–Crippen MR) is 53.8 cm³/mol. The standard InChI is InChI=1S/C9H20N2O3/c1-6(4-7(2)12)11-9(13)8(5-10)14-3/h6-8,12H,4-5,10H2,1-3H3,(H,11,13). The summed E-state index contributed by atoms with van der Waals surface area (Å²) in [6.07, 6.45) is -0.511. The number of rotatable bonds is 6. The molecule has 0 aliphatic rings. The van der Waals surface area contributed by atoms with E-state index in [0.717, 1.165) is 0 Å². The molecule has 0 aromatic rings. The summed E-state index contributed by atoms with van der Waals surface area (Å²) in [4.78, 5) is 11.4. The molecule has 0 spiro atoms. The van der Waals surface area contributed by atoms with Crippen molar-refractivity contribution in [3.8, 4) is 0 Å². The van der Waals surface area contributed by atoms with Crippen molar-refractivity contribution in [2.75, 3.05) is 13.7 Å². The molecule has 0 saturated carbocycles. The molecule has 3 atom stereocenters. The number of aliphatic hydroxyl groups is 1. The number of hydrogen-bond acceptors (Lipinski definition) is 4. The second-order valence-corrected chi connectivity index (χ2v) is 3.45. The van der Waals surface area contributed by atoms with E-state index < -0.39 is 12.2 Å². The number of carbonyl (C=O) groups excluding carboxylic acids is 1. The molecule has 1 amide bonds. The maximum atomic E-state index is 11.4. The van der Waals surface area contributed by atoms with E-state index in [9.17, 15) is 4.79 Å². The van der Waals surface area contributed by atoms with Gasteiger partial charge in [-0.3, -0.25) is 4.79 Å². The summed E-state index contributed by atoms with van der Waals surface area (Å²) in [5.74, 6) is -0.233. The van der Waals surface area contributed by atoms with E-state index in [1.54, 1.807) is 6.92 Å². The lowest BCUT2D eigenvalue weighted by molar-refractivity contribution is -0.131. The molecule has 0 heterocycles. The monoisotopic (exact) mass is 204 g/mol. The van der Waals surface area contributed by atoms with Crippen LogP contribution in [0.2, 0.25) is 0 Å². The minimum absolute atomic E-state index is 0.0771. The normalized spacial score (nSPS) is 17.2. The summed E-state index contributed by atoms with van der Waals surface area (Å²) >= 11 is 0. The Morgan fingerprint density at radius 2 is 2.14 bits per heavy atom. The fraction of sp³-hybridized carbons (Fsp3) is 0.889. The first-order chi connectivity index (χ1) is 6.51. The Kier molecular flexibility index (Phi) is 6.44. The fourth-order valence-electron chi connectivity index (χ4n) is 1.22. The van der Waals surface area contributed by atoms with Crippen LogP contribution in [0.4, 0.5) is 0 Å². The minimum atomic E-state index is -0.605. The average molecular weight is 204 g/mol. The molecule has 0 rings (SSSR count). The smallest absolute Gasteiger partial charge is 0.250 e. The van der Waals surface area contributed by atoms with Gasteiger partial charge >= 0.3 is 0 Å². The third-order valence-corrected chi connectivity index (χ3v) is 1.87. The fourth-order valence-corrected chi connectivity index (χ4v) is 1.22. The molecule has 5 heteroatoms. The van der Waals surface area contributed by atoms with Crippen LogP contribution in [0.15, 0.2) is 0 Å². The van der Waals surface area contributed by atoms with Crippen LogP contribution in [0.1, 0.15) is 20.3 Å². The lowest BCUT2D eigenvalue weighted by Gasteiger charge is -2.19. The molecular formula is C9H20N2O3. The second kappa shape index (κ2) is 6.75. The summed E-state index contributed by atoms with van der Waals surface area (Å²) in [6, 6.07) is -0.0771. The number of nitrogens with one attached hydrogen (secondary N) is 1. The van der Waals surface area contributed by atoms with E-state index in [1.165, 1.54) is 7.11 Å². The van der Waals surface area contributed by atoms with E-state index in [2.05, 4.69) is 5.32 Å². The van der Waals surface area contributed by atoms with Crippen molar-refractivity contribution in [1.29, 1.82) is 0 Å². The van der Waals surface area contributed by atoms with Gasteiger partial charge in [0.05, 0.1) is 6.10 Å². The van der Waals surface area contributed by atoms with Crippen molar-refractivity contribution in [2.45, 2.75) is 38.5 Å². The van der Waals surface area contributed by atoms with E-state index in [4.69, 9.17) is 15.6 Å². The molecule has 4 N–H and O–H groups in total. The van der Waals surface area contributed by atoms with Gasteiger partial charge in [-0.2, -0.15) is 0 Å². The molecular weight excluding hydrogens is 184 g/mol. The zero-order valence-corrected chi connectivity index (χ0v) is 8.99. The van der Waals surface area contributed by atoms with Gasteiger partial charge in [0, 0.05) is 19.7 Å². The van der Waals surface area contributed by atoms with Crippen LogP contribution < -0.4 is 11.1 Å². The minimum Gasteiger partial charge on any atom is -0.393 e. The number of carbonyl (C=O) groups is 1. The summed E-state index contributed by atoms with van der Waals surface area (Å²) in [6.45, 7) is 3.66. The van der Waals surface area contributed by atoms with Gasteiger partial charge in [-0.15, -0.1) is 0 Å². The summed E-state index contributed by atoms with van der Waals surface area (Å²) in [5, 5.41) is 11.8. The van der Waals surface area contributed by atoms with Gasteiger partial charge < -0.3 is 20.9 Å². The quantitative estimate of drug-likeness (QED) is 0.531. The highest BCUT2D eigenvalue weighted by molar-refractivity contribution is 5.81. The highest BCUT2D eigenvalue weighted by Gasteiger charge is 2.18. The largest absolute Gasteiger partial charge is 0.393 e. The number of nitrogens with two attached hydrogens (primary N) is 1. The Bertz CT molecular complexity index is 169. The Hall–Kier alpha value is -0.650. The number of ether oxygens (including phenoxy) is 1. The first-order valence-corrected chi connectivity index (χ1v) is 4.72. The first-order valence-electron chi connectivity index (χ1n) is 4.72. The molecule has 0 radical (unpaired) electrons. The molecule has 84 valence electrons. The van der Waals surface area contributed by atoms with Crippen LogP contribution in [0.5, 0.6) is 0 Å². The highest BCUT2D eigenvalue weighted by Crippen LogP contribution is 1.97. The topological polar surface area (TPSA) is 84.6 Å². The van der Waals surface area contributed by atoms with Gasteiger partial charge in [0.25, 0.3) is 5.91 Å². The lowest BCUT2D eigenvalue weighted by atomic mass is 10.1.